The maximum Gasteiger partial charge on any atom is 0.263 e. The van der Waals surface area contributed by atoms with Crippen molar-refractivity contribution in [3.63, 3.8) is 0 Å². The second kappa shape index (κ2) is 5.37. The quantitative estimate of drug-likeness (QED) is 0.730. The van der Waals surface area contributed by atoms with Crippen molar-refractivity contribution < 1.29 is 4.79 Å². The number of hydrogen-bond acceptors (Lipinski definition) is 2. The number of aryl methyl sites for hydroxylation is 1. The summed E-state index contributed by atoms with van der Waals surface area (Å²) in [4.78, 5) is 15.6. The number of amides is 1. The van der Waals surface area contributed by atoms with E-state index >= 15 is 0 Å². The molecule has 4 heteroatoms. The van der Waals surface area contributed by atoms with Crippen LogP contribution in [0, 0.1) is 6.92 Å². The summed E-state index contributed by atoms with van der Waals surface area (Å²) in [7, 11) is 0. The molecule has 1 heterocycles. The van der Waals surface area contributed by atoms with E-state index in [0.29, 0.717) is 19.0 Å². The zero-order valence-corrected chi connectivity index (χ0v) is 9.99. The van der Waals surface area contributed by atoms with Crippen molar-refractivity contribution in [2.45, 2.75) is 13.8 Å². The fraction of sp³-hybridized carbons (Fsp3) is 0.500. The monoisotopic (exact) mass is 231 g/mol. The Morgan fingerprint density at radius 1 is 1.57 bits per heavy atom. The molecule has 1 aromatic heterocycles. The molecule has 0 aliphatic carbocycles. The lowest BCUT2D eigenvalue weighted by Crippen LogP contribution is -2.31. The lowest BCUT2D eigenvalue weighted by molar-refractivity contribution is 0.0779. The molecule has 1 rings (SSSR count). The van der Waals surface area contributed by atoms with Gasteiger partial charge in [-0.1, -0.05) is 0 Å². The van der Waals surface area contributed by atoms with Crippen LogP contribution in [0.2, 0.25) is 0 Å². The molecule has 2 nitrogen and oxygen atoms in total. The molecule has 0 bridgehead atoms. The highest BCUT2D eigenvalue weighted by atomic mass is 35.5. The lowest BCUT2D eigenvalue weighted by Gasteiger charge is -2.18. The number of rotatable bonds is 4. The highest BCUT2D eigenvalue weighted by molar-refractivity contribution is 7.13. The first-order chi connectivity index (χ1) is 6.69. The minimum atomic E-state index is 0.0891. The molecule has 0 radical (unpaired) electrons. The molecule has 0 N–H and O–H groups in total. The summed E-state index contributed by atoms with van der Waals surface area (Å²) in [6.45, 7) is 5.29. The van der Waals surface area contributed by atoms with Crippen LogP contribution in [0.5, 0.6) is 0 Å². The topological polar surface area (TPSA) is 20.3 Å². The van der Waals surface area contributed by atoms with E-state index in [4.69, 9.17) is 11.6 Å². The summed E-state index contributed by atoms with van der Waals surface area (Å²) in [6.07, 6.45) is 0. The number of carbonyl (C=O) groups is 1. The summed E-state index contributed by atoms with van der Waals surface area (Å²) in [5.74, 6) is 0.579. The summed E-state index contributed by atoms with van der Waals surface area (Å²) < 4.78 is 0. The van der Waals surface area contributed by atoms with Gasteiger partial charge in [0.15, 0.2) is 0 Å². The van der Waals surface area contributed by atoms with Crippen LogP contribution in [0.1, 0.15) is 21.5 Å². The van der Waals surface area contributed by atoms with Crippen molar-refractivity contribution in [1.82, 2.24) is 4.90 Å². The number of alkyl halides is 1. The molecule has 0 fully saturated rings. The van der Waals surface area contributed by atoms with Crippen molar-refractivity contribution in [3.8, 4) is 0 Å². The molecule has 0 aliphatic heterocycles. The zero-order chi connectivity index (χ0) is 10.6. The number of halogens is 1. The first-order valence-corrected chi connectivity index (χ1v) is 5.95. The molecular weight excluding hydrogens is 218 g/mol. The number of carbonyl (C=O) groups excluding carboxylic acids is 1. The van der Waals surface area contributed by atoms with Gasteiger partial charge in [-0.2, -0.15) is 0 Å². The van der Waals surface area contributed by atoms with Gasteiger partial charge in [0, 0.05) is 23.8 Å². The first-order valence-electron chi connectivity index (χ1n) is 4.60. The molecule has 1 aromatic rings. The predicted molar refractivity (Wildman–Crippen MR) is 61.4 cm³/mol. The highest BCUT2D eigenvalue weighted by Crippen LogP contribution is 2.17. The van der Waals surface area contributed by atoms with E-state index in [0.717, 1.165) is 9.75 Å². The Labute approximate surface area is 93.5 Å². The van der Waals surface area contributed by atoms with Gasteiger partial charge >= 0.3 is 0 Å². The van der Waals surface area contributed by atoms with E-state index in [9.17, 15) is 4.79 Å². The maximum atomic E-state index is 11.9. The van der Waals surface area contributed by atoms with Crippen LogP contribution >= 0.6 is 22.9 Å². The van der Waals surface area contributed by atoms with Crippen molar-refractivity contribution in [1.29, 1.82) is 0 Å². The van der Waals surface area contributed by atoms with Gasteiger partial charge in [0.2, 0.25) is 0 Å². The van der Waals surface area contributed by atoms with Crippen molar-refractivity contribution in [2.75, 3.05) is 19.0 Å². The van der Waals surface area contributed by atoms with Crippen LogP contribution < -0.4 is 0 Å². The molecule has 78 valence electrons. The molecule has 14 heavy (non-hydrogen) atoms. The van der Waals surface area contributed by atoms with E-state index in [1.165, 1.54) is 11.3 Å². The number of hydrogen-bond donors (Lipinski definition) is 0. The van der Waals surface area contributed by atoms with Gasteiger partial charge in [0.25, 0.3) is 5.91 Å². The number of nitrogens with zero attached hydrogens (tertiary/aromatic N) is 1. The van der Waals surface area contributed by atoms with Crippen LogP contribution in [0.3, 0.4) is 0 Å². The molecule has 1 amide bonds. The summed E-state index contributed by atoms with van der Waals surface area (Å²) >= 11 is 7.15. The average molecular weight is 232 g/mol. The standard InChI is InChI=1S/C10H14ClNOS/c1-3-12(7-6-11)10(13)9-5-4-8(2)14-9/h4-5H,3,6-7H2,1-2H3. The van der Waals surface area contributed by atoms with Crippen molar-refractivity contribution in [2.24, 2.45) is 0 Å². The van der Waals surface area contributed by atoms with Crippen molar-refractivity contribution in [3.05, 3.63) is 21.9 Å². The van der Waals surface area contributed by atoms with Gasteiger partial charge in [0.1, 0.15) is 0 Å². The largest absolute Gasteiger partial charge is 0.337 e. The third-order valence-electron chi connectivity index (χ3n) is 1.97. The van der Waals surface area contributed by atoms with Gasteiger partial charge in [0.05, 0.1) is 4.88 Å². The van der Waals surface area contributed by atoms with Crippen LogP contribution in [-0.2, 0) is 0 Å². The molecule has 0 atom stereocenters. The highest BCUT2D eigenvalue weighted by Gasteiger charge is 2.14. The Morgan fingerprint density at radius 2 is 2.29 bits per heavy atom. The fourth-order valence-electron chi connectivity index (χ4n) is 1.21. The zero-order valence-electron chi connectivity index (χ0n) is 8.42. The molecule has 0 saturated carbocycles. The van der Waals surface area contributed by atoms with E-state index in [-0.39, 0.29) is 5.91 Å². The Balaban J connectivity index is 2.72. The Kier molecular flexibility index (Phi) is 4.42. The summed E-state index contributed by atoms with van der Waals surface area (Å²) in [5, 5.41) is 0. The van der Waals surface area contributed by atoms with Gasteiger partial charge in [-0.05, 0) is 26.0 Å². The van der Waals surface area contributed by atoms with Crippen LogP contribution in [-0.4, -0.2) is 29.8 Å². The molecule has 0 saturated heterocycles. The van der Waals surface area contributed by atoms with Crippen LogP contribution in [0.25, 0.3) is 0 Å². The van der Waals surface area contributed by atoms with Gasteiger partial charge in [-0.15, -0.1) is 22.9 Å². The van der Waals surface area contributed by atoms with E-state index < -0.39 is 0 Å². The molecule has 0 aliphatic rings. The Bertz CT molecular complexity index is 311. The van der Waals surface area contributed by atoms with Gasteiger partial charge in [-0.25, -0.2) is 0 Å². The van der Waals surface area contributed by atoms with Gasteiger partial charge < -0.3 is 4.90 Å². The lowest BCUT2D eigenvalue weighted by atomic mass is 10.4. The first kappa shape index (κ1) is 11.5. The summed E-state index contributed by atoms with van der Waals surface area (Å²) in [6, 6.07) is 3.84. The van der Waals surface area contributed by atoms with E-state index in [2.05, 4.69) is 0 Å². The predicted octanol–water partition coefficient (Wildman–Crippen LogP) is 2.76. The SMILES string of the molecule is CCN(CCCl)C(=O)c1ccc(C)s1. The third-order valence-corrected chi connectivity index (χ3v) is 3.13. The molecular formula is C10H14ClNOS. The molecule has 0 unspecified atom stereocenters. The normalized spacial score (nSPS) is 10.2. The van der Waals surface area contributed by atoms with Crippen LogP contribution in [0.4, 0.5) is 0 Å². The fourth-order valence-corrected chi connectivity index (χ4v) is 2.25. The minimum absolute atomic E-state index is 0.0891. The molecule has 0 aromatic carbocycles. The summed E-state index contributed by atoms with van der Waals surface area (Å²) in [5.41, 5.74) is 0. The Morgan fingerprint density at radius 3 is 2.71 bits per heavy atom. The average Bonchev–Trinajstić information content (AvgIpc) is 2.60. The van der Waals surface area contributed by atoms with Gasteiger partial charge in [-0.3, -0.25) is 4.79 Å². The third kappa shape index (κ3) is 2.72. The minimum Gasteiger partial charge on any atom is -0.337 e. The van der Waals surface area contributed by atoms with E-state index in [1.807, 2.05) is 26.0 Å². The van der Waals surface area contributed by atoms with Crippen molar-refractivity contribution >= 4 is 28.8 Å². The second-order valence-electron chi connectivity index (χ2n) is 2.98. The smallest absolute Gasteiger partial charge is 0.263 e. The molecule has 0 spiro atoms. The Hall–Kier alpha value is -0.540. The van der Waals surface area contributed by atoms with Crippen LogP contribution in [0.15, 0.2) is 12.1 Å². The second-order valence-corrected chi connectivity index (χ2v) is 4.65. The van der Waals surface area contributed by atoms with E-state index in [1.54, 1.807) is 4.90 Å². The maximum absolute atomic E-state index is 11.9. The number of thiophene rings is 1.